The van der Waals surface area contributed by atoms with Gasteiger partial charge in [-0.3, -0.25) is 0 Å². The van der Waals surface area contributed by atoms with Crippen LogP contribution in [0.2, 0.25) is 0 Å². The van der Waals surface area contributed by atoms with Gasteiger partial charge in [-0.15, -0.1) is 13.2 Å². The summed E-state index contributed by atoms with van der Waals surface area (Å²) in [6, 6.07) is 0. The van der Waals surface area contributed by atoms with Crippen molar-refractivity contribution in [3.05, 3.63) is 56.3 Å². The predicted octanol–water partition coefficient (Wildman–Crippen LogP) is 3.64. The summed E-state index contributed by atoms with van der Waals surface area (Å²) >= 11 is 0. The molecule has 0 spiro atoms. The van der Waals surface area contributed by atoms with Crippen LogP contribution in [0.15, 0.2) is 56.3 Å². The van der Waals surface area contributed by atoms with Gasteiger partial charge in [0, 0.05) is 19.5 Å². The summed E-state index contributed by atoms with van der Waals surface area (Å²) < 4.78 is 0. The van der Waals surface area contributed by atoms with Crippen LogP contribution in [0.4, 0.5) is 0 Å². The number of hydrogen-bond acceptors (Lipinski definition) is 2. The molecule has 0 amide bonds. The van der Waals surface area contributed by atoms with Crippen LogP contribution in [0.3, 0.4) is 0 Å². The van der Waals surface area contributed by atoms with E-state index in [2.05, 4.69) is 38.8 Å². The summed E-state index contributed by atoms with van der Waals surface area (Å²) in [5.41, 5.74) is 0. The normalized spacial score (nSPS) is 13.3. The van der Waals surface area contributed by atoms with E-state index in [1.807, 2.05) is 31.0 Å². The third-order valence-electron chi connectivity index (χ3n) is 2.44. The SMILES string of the molecule is C=C.C=C/C=C/C(C)C(/C=C\C)CN(C)C=C=O. The fourth-order valence-electron chi connectivity index (χ4n) is 1.52. The Hall–Kier alpha value is -1.79. The molecule has 0 aromatic heterocycles. The Kier molecular flexibility index (Phi) is 13.7. The summed E-state index contributed by atoms with van der Waals surface area (Å²) in [6.07, 6.45) is 11.5. The van der Waals surface area contributed by atoms with Gasteiger partial charge in [-0.1, -0.05) is 43.9 Å². The van der Waals surface area contributed by atoms with E-state index in [1.54, 1.807) is 12.0 Å². The maximum atomic E-state index is 10.2. The second-order valence-corrected chi connectivity index (χ2v) is 3.86. The summed E-state index contributed by atoms with van der Waals surface area (Å²) in [7, 11) is 1.88. The Balaban J connectivity index is 0. The highest BCUT2D eigenvalue weighted by molar-refractivity contribution is 5.43. The zero-order chi connectivity index (χ0) is 14.4. The van der Waals surface area contributed by atoms with Gasteiger partial charge in [-0.25, -0.2) is 4.79 Å². The molecule has 2 unspecified atom stereocenters. The highest BCUT2D eigenvalue weighted by Gasteiger charge is 2.12. The van der Waals surface area contributed by atoms with Crippen LogP contribution in [0.5, 0.6) is 0 Å². The van der Waals surface area contributed by atoms with Gasteiger partial charge in [-0.05, 0) is 12.8 Å². The molecular formula is C16H25NO. The van der Waals surface area contributed by atoms with Crippen LogP contribution >= 0.6 is 0 Å². The fraction of sp³-hybridized carbons (Fsp3) is 0.375. The van der Waals surface area contributed by atoms with Gasteiger partial charge < -0.3 is 4.90 Å². The molecule has 2 nitrogen and oxygen atoms in total. The fourth-order valence-corrected chi connectivity index (χ4v) is 1.52. The van der Waals surface area contributed by atoms with Crippen molar-refractivity contribution >= 4 is 5.94 Å². The first kappa shape index (κ1) is 18.6. The highest BCUT2D eigenvalue weighted by Crippen LogP contribution is 2.16. The van der Waals surface area contributed by atoms with Crippen molar-refractivity contribution < 1.29 is 4.79 Å². The standard InChI is InChI=1S/C14H21NO.C2H4/c1-5-7-9-13(3)14(8-6-2)12-15(4)10-11-16;1-2/h5-10,13-14H,1,12H2,2-4H3;1-2H2/b8-6-,9-7+;. The minimum atomic E-state index is 0.385. The van der Waals surface area contributed by atoms with Gasteiger partial charge in [0.25, 0.3) is 0 Å². The molecule has 0 saturated carbocycles. The molecule has 0 heterocycles. The predicted molar refractivity (Wildman–Crippen MR) is 81.0 cm³/mol. The Morgan fingerprint density at radius 1 is 1.33 bits per heavy atom. The third-order valence-corrected chi connectivity index (χ3v) is 2.44. The Morgan fingerprint density at radius 3 is 2.39 bits per heavy atom. The molecule has 0 bridgehead atoms. The molecule has 0 saturated heterocycles. The minimum absolute atomic E-state index is 0.385. The second kappa shape index (κ2) is 13.3. The number of rotatable bonds is 7. The molecule has 0 N–H and O–H groups in total. The first-order chi connectivity index (χ1) is 8.65. The highest BCUT2D eigenvalue weighted by atomic mass is 16.1. The van der Waals surface area contributed by atoms with E-state index in [-0.39, 0.29) is 0 Å². The van der Waals surface area contributed by atoms with Crippen LogP contribution in [0, 0.1) is 11.8 Å². The summed E-state index contributed by atoms with van der Waals surface area (Å²) in [4.78, 5) is 12.1. The van der Waals surface area contributed by atoms with E-state index in [4.69, 9.17) is 0 Å². The molecule has 0 aliphatic heterocycles. The monoisotopic (exact) mass is 247 g/mol. The minimum Gasteiger partial charge on any atom is -0.371 e. The zero-order valence-electron chi connectivity index (χ0n) is 11.8. The van der Waals surface area contributed by atoms with Gasteiger partial charge in [0.05, 0.1) is 6.20 Å². The summed E-state index contributed by atoms with van der Waals surface area (Å²) in [6.45, 7) is 14.6. The topological polar surface area (TPSA) is 20.3 Å². The van der Waals surface area contributed by atoms with Crippen LogP contribution in [-0.4, -0.2) is 24.4 Å². The average molecular weight is 247 g/mol. The lowest BCUT2D eigenvalue weighted by atomic mass is 9.92. The first-order valence-electron chi connectivity index (χ1n) is 5.99. The summed E-state index contributed by atoms with van der Waals surface area (Å²) in [5.74, 6) is 2.59. The van der Waals surface area contributed by atoms with E-state index in [0.717, 1.165) is 6.54 Å². The van der Waals surface area contributed by atoms with Crippen LogP contribution in [0.25, 0.3) is 0 Å². The van der Waals surface area contributed by atoms with E-state index >= 15 is 0 Å². The molecular weight excluding hydrogens is 222 g/mol. The molecule has 2 heteroatoms. The van der Waals surface area contributed by atoms with Crippen molar-refractivity contribution in [2.75, 3.05) is 13.6 Å². The smallest absolute Gasteiger partial charge is 0.142 e. The van der Waals surface area contributed by atoms with E-state index < -0.39 is 0 Å². The molecule has 0 aliphatic rings. The van der Waals surface area contributed by atoms with Gasteiger partial charge in [0.15, 0.2) is 0 Å². The lowest BCUT2D eigenvalue weighted by molar-refractivity contribution is 0.355. The average Bonchev–Trinajstić information content (AvgIpc) is 2.38. The third kappa shape index (κ3) is 9.44. The van der Waals surface area contributed by atoms with E-state index in [1.165, 1.54) is 6.20 Å². The van der Waals surface area contributed by atoms with Gasteiger partial charge >= 0.3 is 0 Å². The maximum absolute atomic E-state index is 10.2. The van der Waals surface area contributed by atoms with Crippen molar-refractivity contribution in [2.45, 2.75) is 13.8 Å². The van der Waals surface area contributed by atoms with Crippen molar-refractivity contribution in [2.24, 2.45) is 11.8 Å². The summed E-state index contributed by atoms with van der Waals surface area (Å²) in [5, 5.41) is 0. The molecule has 2 atom stereocenters. The molecule has 0 aromatic rings. The number of hydrogen-bond donors (Lipinski definition) is 0. The van der Waals surface area contributed by atoms with E-state index in [9.17, 15) is 4.79 Å². The number of nitrogens with zero attached hydrogens (tertiary/aromatic N) is 1. The molecule has 0 fully saturated rings. The maximum Gasteiger partial charge on any atom is 0.142 e. The number of allylic oxidation sites excluding steroid dienone is 4. The second-order valence-electron chi connectivity index (χ2n) is 3.86. The van der Waals surface area contributed by atoms with Crippen molar-refractivity contribution in [1.82, 2.24) is 4.90 Å². The molecule has 0 aliphatic carbocycles. The Morgan fingerprint density at radius 2 is 1.94 bits per heavy atom. The lowest BCUT2D eigenvalue weighted by Crippen LogP contribution is -2.23. The van der Waals surface area contributed by atoms with Crippen molar-refractivity contribution in [3.8, 4) is 0 Å². The van der Waals surface area contributed by atoms with Crippen molar-refractivity contribution in [1.29, 1.82) is 0 Å². The first-order valence-corrected chi connectivity index (χ1v) is 5.99. The molecule has 0 radical (unpaired) electrons. The molecule has 100 valence electrons. The molecule has 18 heavy (non-hydrogen) atoms. The largest absolute Gasteiger partial charge is 0.371 e. The molecule has 0 rings (SSSR count). The van der Waals surface area contributed by atoms with Gasteiger partial charge in [-0.2, -0.15) is 0 Å². The zero-order valence-corrected chi connectivity index (χ0v) is 11.8. The van der Waals surface area contributed by atoms with Crippen LogP contribution in [-0.2, 0) is 4.79 Å². The number of carbonyl (C=O) groups excluding carboxylic acids is 1. The Bertz CT molecular complexity index is 311. The van der Waals surface area contributed by atoms with Gasteiger partial charge in [0.2, 0.25) is 0 Å². The quantitative estimate of drug-likeness (QED) is 0.389. The Labute approximate surface area is 112 Å². The van der Waals surface area contributed by atoms with E-state index in [0.29, 0.717) is 11.8 Å². The molecule has 0 aromatic carbocycles. The van der Waals surface area contributed by atoms with Crippen LogP contribution < -0.4 is 0 Å². The van der Waals surface area contributed by atoms with Gasteiger partial charge in [0.1, 0.15) is 5.94 Å². The van der Waals surface area contributed by atoms with Crippen LogP contribution in [0.1, 0.15) is 13.8 Å². The lowest BCUT2D eigenvalue weighted by Gasteiger charge is -2.23. The van der Waals surface area contributed by atoms with Crippen molar-refractivity contribution in [3.63, 3.8) is 0 Å².